The molecule has 0 spiro atoms. The second-order valence-corrected chi connectivity index (χ2v) is 8.36. The largest absolute Gasteiger partial charge is 0.338 e. The number of aromatic nitrogens is 1. The Bertz CT molecular complexity index is 962. The fourth-order valence-corrected chi connectivity index (χ4v) is 4.64. The van der Waals surface area contributed by atoms with Crippen molar-refractivity contribution in [1.29, 1.82) is 0 Å². The van der Waals surface area contributed by atoms with Gasteiger partial charge in [0.05, 0.1) is 11.3 Å². The number of piperazine rings is 1. The van der Waals surface area contributed by atoms with Crippen molar-refractivity contribution < 1.29 is 14.0 Å². The number of benzene rings is 1. The van der Waals surface area contributed by atoms with Crippen LogP contribution in [0, 0.1) is 19.7 Å². The van der Waals surface area contributed by atoms with Gasteiger partial charge in [0.25, 0.3) is 5.91 Å². The van der Waals surface area contributed by atoms with Gasteiger partial charge >= 0.3 is 0 Å². The first-order valence-electron chi connectivity index (χ1n) is 10.6. The first kappa shape index (κ1) is 20.6. The van der Waals surface area contributed by atoms with Gasteiger partial charge in [0.1, 0.15) is 11.9 Å². The molecule has 0 bridgehead atoms. The highest BCUT2D eigenvalue weighted by Crippen LogP contribution is 2.27. The number of halogens is 1. The summed E-state index contributed by atoms with van der Waals surface area (Å²) in [6.45, 7) is 7.40. The predicted octanol–water partition coefficient (Wildman–Crippen LogP) is 2.61. The molecule has 6 nitrogen and oxygen atoms in total. The zero-order valence-corrected chi connectivity index (χ0v) is 17.9. The normalized spacial score (nSPS) is 20.1. The van der Waals surface area contributed by atoms with Gasteiger partial charge in [-0.25, -0.2) is 4.39 Å². The molecular weight excluding hydrogens is 383 g/mol. The fourth-order valence-electron chi connectivity index (χ4n) is 4.64. The lowest BCUT2D eigenvalue weighted by atomic mass is 10.1. The van der Waals surface area contributed by atoms with Gasteiger partial charge in [0.15, 0.2) is 0 Å². The van der Waals surface area contributed by atoms with Crippen molar-refractivity contribution in [1.82, 2.24) is 19.3 Å². The smallest absolute Gasteiger partial charge is 0.256 e. The minimum atomic E-state index is -0.405. The molecular formula is C23H29FN4O2. The molecule has 2 amide bonds. The number of aryl methyl sites for hydroxylation is 1. The van der Waals surface area contributed by atoms with Crippen molar-refractivity contribution in [3.05, 3.63) is 53.1 Å². The Morgan fingerprint density at radius 1 is 1.03 bits per heavy atom. The zero-order valence-electron chi connectivity index (χ0n) is 17.9. The van der Waals surface area contributed by atoms with Crippen molar-refractivity contribution in [2.45, 2.75) is 32.7 Å². The van der Waals surface area contributed by atoms with Crippen LogP contribution in [0.2, 0.25) is 0 Å². The topological polar surface area (TPSA) is 48.8 Å². The van der Waals surface area contributed by atoms with E-state index in [0.717, 1.165) is 25.2 Å². The molecule has 2 aromatic rings. The van der Waals surface area contributed by atoms with E-state index in [0.29, 0.717) is 43.0 Å². The highest BCUT2D eigenvalue weighted by atomic mass is 19.1. The summed E-state index contributed by atoms with van der Waals surface area (Å²) in [5.74, 6) is -0.421. The minimum absolute atomic E-state index is 0.0526. The van der Waals surface area contributed by atoms with E-state index in [1.807, 2.05) is 18.7 Å². The minimum Gasteiger partial charge on any atom is -0.338 e. The Morgan fingerprint density at radius 3 is 2.43 bits per heavy atom. The molecule has 2 saturated heterocycles. The molecule has 0 radical (unpaired) electrons. The number of carbonyl (C=O) groups excluding carboxylic acids is 2. The van der Waals surface area contributed by atoms with Gasteiger partial charge in [-0.1, -0.05) is 12.1 Å². The zero-order chi connectivity index (χ0) is 21.4. The van der Waals surface area contributed by atoms with Gasteiger partial charge in [-0.15, -0.1) is 0 Å². The Balaban J connectivity index is 1.59. The number of amides is 2. The number of carbonyl (C=O) groups is 2. The maximum Gasteiger partial charge on any atom is 0.256 e. The summed E-state index contributed by atoms with van der Waals surface area (Å²) >= 11 is 0. The van der Waals surface area contributed by atoms with E-state index in [1.165, 1.54) is 6.07 Å². The second-order valence-electron chi connectivity index (χ2n) is 8.36. The molecule has 2 fully saturated rings. The van der Waals surface area contributed by atoms with Crippen molar-refractivity contribution in [3.63, 3.8) is 0 Å². The van der Waals surface area contributed by atoms with E-state index in [1.54, 1.807) is 33.7 Å². The Morgan fingerprint density at radius 2 is 1.73 bits per heavy atom. The molecule has 7 heteroatoms. The Kier molecular flexibility index (Phi) is 5.64. The van der Waals surface area contributed by atoms with Gasteiger partial charge in [0, 0.05) is 44.1 Å². The van der Waals surface area contributed by atoms with Crippen LogP contribution in [0.15, 0.2) is 30.3 Å². The van der Waals surface area contributed by atoms with E-state index in [9.17, 15) is 14.0 Å². The molecule has 0 N–H and O–H groups in total. The maximum absolute atomic E-state index is 14.4. The van der Waals surface area contributed by atoms with Crippen molar-refractivity contribution in [2.24, 2.45) is 0 Å². The summed E-state index contributed by atoms with van der Waals surface area (Å²) in [7, 11) is 2.05. The SMILES string of the molecule is Cc1cc(C(=O)N2CCCC2C(=O)N2CCN(C)CC2)c(C)n1-c1ccccc1F. The standard InChI is InChI=1S/C23H29FN4O2/c1-16-15-18(17(2)28(16)20-8-5-4-7-19(20)24)22(29)27-10-6-9-21(27)23(30)26-13-11-25(3)12-14-26/h4-5,7-8,15,21H,6,9-14H2,1-3H3. The first-order valence-corrected chi connectivity index (χ1v) is 10.6. The molecule has 2 aliphatic rings. The van der Waals surface area contributed by atoms with Crippen LogP contribution in [0.1, 0.15) is 34.6 Å². The lowest BCUT2D eigenvalue weighted by molar-refractivity contribution is -0.136. The number of likely N-dealkylation sites (tertiary alicyclic amines) is 1. The van der Waals surface area contributed by atoms with Crippen LogP contribution >= 0.6 is 0 Å². The third kappa shape index (κ3) is 3.62. The van der Waals surface area contributed by atoms with Gasteiger partial charge < -0.3 is 19.3 Å². The quantitative estimate of drug-likeness (QED) is 0.779. The third-order valence-electron chi connectivity index (χ3n) is 6.37. The van der Waals surface area contributed by atoms with Gasteiger partial charge in [-0.05, 0) is 51.9 Å². The Hall–Kier alpha value is -2.67. The van der Waals surface area contributed by atoms with Gasteiger partial charge in [0.2, 0.25) is 5.91 Å². The van der Waals surface area contributed by atoms with E-state index in [4.69, 9.17) is 0 Å². The van der Waals surface area contributed by atoms with Crippen LogP contribution in [0.5, 0.6) is 0 Å². The van der Waals surface area contributed by atoms with Crippen molar-refractivity contribution >= 4 is 11.8 Å². The lowest BCUT2D eigenvalue weighted by Gasteiger charge is -2.35. The number of rotatable bonds is 3. The molecule has 30 heavy (non-hydrogen) atoms. The monoisotopic (exact) mass is 412 g/mol. The molecule has 3 heterocycles. The summed E-state index contributed by atoms with van der Waals surface area (Å²) in [5, 5.41) is 0. The Labute approximate surface area is 176 Å². The van der Waals surface area contributed by atoms with Crippen LogP contribution in [0.3, 0.4) is 0 Å². The predicted molar refractivity (Wildman–Crippen MR) is 113 cm³/mol. The molecule has 1 aromatic carbocycles. The molecule has 0 saturated carbocycles. The average molecular weight is 413 g/mol. The van der Waals surface area contributed by atoms with Crippen LogP contribution in [0.4, 0.5) is 4.39 Å². The van der Waals surface area contributed by atoms with Gasteiger partial charge in [-0.2, -0.15) is 0 Å². The fraction of sp³-hybridized carbons (Fsp3) is 0.478. The summed E-state index contributed by atoms with van der Waals surface area (Å²) in [6, 6.07) is 7.96. The average Bonchev–Trinajstić information content (AvgIpc) is 3.33. The summed E-state index contributed by atoms with van der Waals surface area (Å²) in [4.78, 5) is 32.4. The summed E-state index contributed by atoms with van der Waals surface area (Å²) < 4.78 is 16.2. The molecule has 4 rings (SSSR count). The van der Waals surface area contributed by atoms with Crippen LogP contribution in [-0.4, -0.2) is 76.9 Å². The summed E-state index contributed by atoms with van der Waals surface area (Å²) in [6.07, 6.45) is 1.52. The second kappa shape index (κ2) is 8.22. The van der Waals surface area contributed by atoms with E-state index in [2.05, 4.69) is 11.9 Å². The number of nitrogens with zero attached hydrogens (tertiary/aromatic N) is 4. The van der Waals surface area contributed by atoms with Crippen LogP contribution in [0.25, 0.3) is 5.69 Å². The van der Waals surface area contributed by atoms with Crippen molar-refractivity contribution in [2.75, 3.05) is 39.8 Å². The number of hydrogen-bond acceptors (Lipinski definition) is 3. The van der Waals surface area contributed by atoms with Crippen LogP contribution in [-0.2, 0) is 4.79 Å². The van der Waals surface area contributed by atoms with Crippen LogP contribution < -0.4 is 0 Å². The maximum atomic E-state index is 14.4. The van der Waals surface area contributed by atoms with E-state index < -0.39 is 6.04 Å². The number of para-hydroxylation sites is 1. The molecule has 160 valence electrons. The molecule has 0 aliphatic carbocycles. The number of likely N-dealkylation sites (N-methyl/N-ethyl adjacent to an activating group) is 1. The molecule has 1 atom stereocenters. The molecule has 2 aliphatic heterocycles. The summed E-state index contributed by atoms with van der Waals surface area (Å²) in [5.41, 5.74) is 2.45. The van der Waals surface area contributed by atoms with Crippen molar-refractivity contribution in [3.8, 4) is 5.69 Å². The number of hydrogen-bond donors (Lipinski definition) is 0. The molecule has 1 unspecified atom stereocenters. The first-order chi connectivity index (χ1) is 14.4. The van der Waals surface area contributed by atoms with Gasteiger partial charge in [-0.3, -0.25) is 9.59 Å². The third-order valence-corrected chi connectivity index (χ3v) is 6.37. The highest BCUT2D eigenvalue weighted by molar-refractivity contribution is 5.99. The lowest BCUT2D eigenvalue weighted by Crippen LogP contribution is -2.53. The van der Waals surface area contributed by atoms with E-state index in [-0.39, 0.29) is 17.6 Å². The highest BCUT2D eigenvalue weighted by Gasteiger charge is 2.38. The molecule has 1 aromatic heterocycles. The van der Waals surface area contributed by atoms with E-state index >= 15 is 0 Å².